The van der Waals surface area contributed by atoms with E-state index in [-0.39, 0.29) is 6.04 Å². The van der Waals surface area contributed by atoms with Gasteiger partial charge in [0, 0.05) is 6.20 Å². The third kappa shape index (κ3) is 3.65. The molecule has 1 aromatic rings. The van der Waals surface area contributed by atoms with Crippen molar-refractivity contribution in [1.82, 2.24) is 10.3 Å². The molecule has 0 aliphatic heterocycles. The Hall–Kier alpha value is -0.860. The van der Waals surface area contributed by atoms with Crippen LogP contribution in [0, 0.1) is 0 Å². The minimum Gasteiger partial charge on any atom is -0.309 e. The lowest BCUT2D eigenvalue weighted by Crippen LogP contribution is -2.22. The maximum atomic E-state index is 6.11. The summed E-state index contributed by atoms with van der Waals surface area (Å²) in [5.74, 6) is 0. The van der Waals surface area contributed by atoms with Crippen LogP contribution in [0.1, 0.15) is 32.0 Å². The van der Waals surface area contributed by atoms with Crippen LogP contribution in [0.5, 0.6) is 0 Å². The predicted octanol–water partition coefficient (Wildman–Crippen LogP) is 3.35. The fraction of sp³-hybridized carbons (Fsp3) is 0.417. The van der Waals surface area contributed by atoms with E-state index < -0.39 is 0 Å². The highest BCUT2D eigenvalue weighted by Crippen LogP contribution is 2.24. The zero-order valence-corrected chi connectivity index (χ0v) is 10.0. The quantitative estimate of drug-likeness (QED) is 0.776. The highest BCUT2D eigenvalue weighted by atomic mass is 35.5. The average Bonchev–Trinajstić information content (AvgIpc) is 2.17. The highest BCUT2D eigenvalue weighted by Gasteiger charge is 2.14. The molecular formula is C12H17ClN2. The summed E-state index contributed by atoms with van der Waals surface area (Å²) in [5.41, 5.74) is 2.03. The zero-order valence-electron chi connectivity index (χ0n) is 9.26. The summed E-state index contributed by atoms with van der Waals surface area (Å²) < 4.78 is 0. The average molecular weight is 225 g/mol. The van der Waals surface area contributed by atoms with Crippen molar-refractivity contribution in [3.05, 3.63) is 41.2 Å². The number of nitrogens with one attached hydrogen (secondary N) is 1. The van der Waals surface area contributed by atoms with Crippen LogP contribution in [-0.4, -0.2) is 11.5 Å². The van der Waals surface area contributed by atoms with E-state index in [9.17, 15) is 0 Å². The fourth-order valence-electron chi connectivity index (χ4n) is 1.51. The monoisotopic (exact) mass is 224 g/mol. The van der Waals surface area contributed by atoms with Crippen molar-refractivity contribution >= 4 is 11.6 Å². The van der Waals surface area contributed by atoms with Gasteiger partial charge in [-0.25, -0.2) is 0 Å². The molecule has 82 valence electrons. The number of hydrogen-bond acceptors (Lipinski definition) is 2. The van der Waals surface area contributed by atoms with Gasteiger partial charge in [0.25, 0.3) is 0 Å². The second-order valence-electron chi connectivity index (χ2n) is 3.64. The minimum atomic E-state index is 0.168. The molecule has 1 heterocycles. The van der Waals surface area contributed by atoms with E-state index in [1.807, 2.05) is 19.1 Å². The van der Waals surface area contributed by atoms with Crippen LogP contribution in [0.25, 0.3) is 0 Å². The van der Waals surface area contributed by atoms with Gasteiger partial charge in [0.15, 0.2) is 0 Å². The molecule has 1 aromatic heterocycles. The molecule has 1 rings (SSSR count). The SMILES string of the molecule is C=C(C)CC(NCC)c1ncccc1Cl. The number of aromatic nitrogens is 1. The second-order valence-corrected chi connectivity index (χ2v) is 4.05. The summed E-state index contributed by atoms with van der Waals surface area (Å²) in [6.45, 7) is 8.90. The molecule has 1 atom stereocenters. The Morgan fingerprint density at radius 3 is 2.93 bits per heavy atom. The summed E-state index contributed by atoms with van der Waals surface area (Å²) in [5, 5.41) is 4.08. The van der Waals surface area contributed by atoms with Gasteiger partial charge in [0.1, 0.15) is 0 Å². The van der Waals surface area contributed by atoms with Gasteiger partial charge in [-0.05, 0) is 32.0 Å². The third-order valence-electron chi connectivity index (χ3n) is 2.12. The molecule has 0 saturated carbocycles. The lowest BCUT2D eigenvalue weighted by Gasteiger charge is -2.18. The molecule has 1 unspecified atom stereocenters. The van der Waals surface area contributed by atoms with Gasteiger partial charge in [-0.2, -0.15) is 0 Å². The van der Waals surface area contributed by atoms with Crippen molar-refractivity contribution in [1.29, 1.82) is 0 Å². The smallest absolute Gasteiger partial charge is 0.0762 e. The van der Waals surface area contributed by atoms with Crippen molar-refractivity contribution in [3.8, 4) is 0 Å². The van der Waals surface area contributed by atoms with Gasteiger partial charge >= 0.3 is 0 Å². The first kappa shape index (κ1) is 12.2. The molecule has 0 fully saturated rings. The largest absolute Gasteiger partial charge is 0.309 e. The predicted molar refractivity (Wildman–Crippen MR) is 65.1 cm³/mol. The normalized spacial score (nSPS) is 12.5. The Balaban J connectivity index is 2.88. The first-order valence-corrected chi connectivity index (χ1v) is 5.51. The first-order valence-electron chi connectivity index (χ1n) is 5.13. The van der Waals surface area contributed by atoms with Crippen molar-refractivity contribution < 1.29 is 0 Å². The molecule has 0 aliphatic carbocycles. The summed E-state index contributed by atoms with van der Waals surface area (Å²) in [6.07, 6.45) is 2.63. The standard InChI is InChI=1S/C12H17ClN2/c1-4-14-11(8-9(2)3)12-10(13)6-5-7-15-12/h5-7,11,14H,2,4,8H2,1,3H3. The Labute approximate surface area is 96.4 Å². The zero-order chi connectivity index (χ0) is 11.3. The number of hydrogen-bond donors (Lipinski definition) is 1. The molecule has 1 N–H and O–H groups in total. The Bertz CT molecular complexity index is 336. The molecule has 0 amide bonds. The summed E-state index contributed by atoms with van der Waals surface area (Å²) in [4.78, 5) is 4.31. The third-order valence-corrected chi connectivity index (χ3v) is 2.44. The van der Waals surface area contributed by atoms with Crippen molar-refractivity contribution in [2.75, 3.05) is 6.54 Å². The molecule has 0 aromatic carbocycles. The van der Waals surface area contributed by atoms with Crippen LogP contribution in [-0.2, 0) is 0 Å². The fourth-order valence-corrected chi connectivity index (χ4v) is 1.77. The number of rotatable bonds is 5. The first-order chi connectivity index (χ1) is 7.15. The van der Waals surface area contributed by atoms with Crippen LogP contribution < -0.4 is 5.32 Å². The van der Waals surface area contributed by atoms with Gasteiger partial charge in [0.2, 0.25) is 0 Å². The van der Waals surface area contributed by atoms with Crippen LogP contribution >= 0.6 is 11.6 Å². The van der Waals surface area contributed by atoms with Gasteiger partial charge < -0.3 is 5.32 Å². The molecule has 15 heavy (non-hydrogen) atoms. The van der Waals surface area contributed by atoms with Crippen molar-refractivity contribution in [3.63, 3.8) is 0 Å². The molecule has 2 nitrogen and oxygen atoms in total. The Morgan fingerprint density at radius 1 is 1.67 bits per heavy atom. The highest BCUT2D eigenvalue weighted by molar-refractivity contribution is 6.31. The topological polar surface area (TPSA) is 24.9 Å². The van der Waals surface area contributed by atoms with Gasteiger partial charge in [0.05, 0.1) is 16.8 Å². The van der Waals surface area contributed by atoms with E-state index >= 15 is 0 Å². The molecule has 0 bridgehead atoms. The van der Waals surface area contributed by atoms with E-state index in [1.165, 1.54) is 0 Å². The molecule has 3 heteroatoms. The van der Waals surface area contributed by atoms with Gasteiger partial charge in [-0.1, -0.05) is 24.1 Å². The number of pyridine rings is 1. The summed E-state index contributed by atoms with van der Waals surface area (Å²) in [6, 6.07) is 3.88. The summed E-state index contributed by atoms with van der Waals surface area (Å²) in [7, 11) is 0. The molecular weight excluding hydrogens is 208 g/mol. The van der Waals surface area contributed by atoms with Gasteiger partial charge in [-0.15, -0.1) is 6.58 Å². The molecule has 0 spiro atoms. The van der Waals surface area contributed by atoms with Crippen LogP contribution in [0.4, 0.5) is 0 Å². The maximum absolute atomic E-state index is 6.11. The Morgan fingerprint density at radius 2 is 2.40 bits per heavy atom. The van der Waals surface area contributed by atoms with Crippen LogP contribution in [0.2, 0.25) is 5.02 Å². The van der Waals surface area contributed by atoms with E-state index in [0.29, 0.717) is 5.02 Å². The molecule has 0 aliphatic rings. The van der Waals surface area contributed by atoms with E-state index in [1.54, 1.807) is 6.20 Å². The van der Waals surface area contributed by atoms with E-state index in [0.717, 1.165) is 24.2 Å². The van der Waals surface area contributed by atoms with Crippen molar-refractivity contribution in [2.24, 2.45) is 0 Å². The summed E-state index contributed by atoms with van der Waals surface area (Å²) >= 11 is 6.11. The van der Waals surface area contributed by atoms with Crippen LogP contribution in [0.3, 0.4) is 0 Å². The molecule has 0 radical (unpaired) electrons. The second kappa shape index (κ2) is 5.89. The minimum absolute atomic E-state index is 0.168. The lowest BCUT2D eigenvalue weighted by atomic mass is 10.1. The lowest BCUT2D eigenvalue weighted by molar-refractivity contribution is 0.535. The van der Waals surface area contributed by atoms with E-state index in [4.69, 9.17) is 11.6 Å². The Kier molecular flexibility index (Phi) is 4.79. The van der Waals surface area contributed by atoms with E-state index in [2.05, 4.69) is 23.8 Å². The van der Waals surface area contributed by atoms with Crippen LogP contribution in [0.15, 0.2) is 30.5 Å². The van der Waals surface area contributed by atoms with Gasteiger partial charge in [-0.3, -0.25) is 4.98 Å². The number of halogens is 1. The molecule has 0 saturated heterocycles. The number of nitrogens with zero attached hydrogens (tertiary/aromatic N) is 1. The van der Waals surface area contributed by atoms with Crippen molar-refractivity contribution in [2.45, 2.75) is 26.3 Å². The maximum Gasteiger partial charge on any atom is 0.0762 e.